The van der Waals surface area contributed by atoms with Gasteiger partial charge in [-0.1, -0.05) is 6.92 Å². The molecule has 0 aromatic rings. The fourth-order valence-corrected chi connectivity index (χ4v) is 2.56. The molecule has 1 aliphatic heterocycles. The van der Waals surface area contributed by atoms with Crippen molar-refractivity contribution in [1.82, 2.24) is 15.1 Å². The minimum atomic E-state index is -1.13. The van der Waals surface area contributed by atoms with E-state index in [4.69, 9.17) is 10.2 Å². The zero-order valence-electron chi connectivity index (χ0n) is 12.2. The summed E-state index contributed by atoms with van der Waals surface area (Å²) in [6.07, 6.45) is 2.21. The summed E-state index contributed by atoms with van der Waals surface area (Å²) >= 11 is 0. The van der Waals surface area contributed by atoms with Crippen molar-refractivity contribution in [2.75, 3.05) is 33.3 Å². The van der Waals surface area contributed by atoms with Crippen molar-refractivity contribution in [2.24, 2.45) is 0 Å². The second-order valence-corrected chi connectivity index (χ2v) is 5.16. The highest BCUT2D eigenvalue weighted by atomic mass is 16.4. The molecule has 1 heterocycles. The highest BCUT2D eigenvalue weighted by Crippen LogP contribution is 2.17. The highest BCUT2D eigenvalue weighted by Gasteiger charge is 2.27. The number of amides is 2. The van der Waals surface area contributed by atoms with E-state index in [-0.39, 0.29) is 13.0 Å². The van der Waals surface area contributed by atoms with Gasteiger partial charge in [0.05, 0.1) is 0 Å². The van der Waals surface area contributed by atoms with Gasteiger partial charge < -0.3 is 20.4 Å². The second kappa shape index (κ2) is 8.06. The number of carboxylic acids is 1. The summed E-state index contributed by atoms with van der Waals surface area (Å²) in [6, 6.07) is -1.11. The quantitative estimate of drug-likeness (QED) is 0.610. The molecular weight excluding hydrogens is 262 g/mol. The number of nitrogens with one attached hydrogen (secondary N) is 1. The largest absolute Gasteiger partial charge is 0.480 e. The minimum absolute atomic E-state index is 0.0133. The molecule has 0 aromatic heterocycles. The third kappa shape index (κ3) is 4.64. The predicted molar refractivity (Wildman–Crippen MR) is 74.6 cm³/mol. The van der Waals surface area contributed by atoms with E-state index >= 15 is 0 Å². The van der Waals surface area contributed by atoms with Crippen molar-refractivity contribution >= 4 is 12.0 Å². The number of carbonyl (C=O) groups excluding carboxylic acids is 1. The van der Waals surface area contributed by atoms with Gasteiger partial charge in [0.2, 0.25) is 0 Å². The van der Waals surface area contributed by atoms with Crippen molar-refractivity contribution in [2.45, 2.75) is 38.3 Å². The maximum atomic E-state index is 12.0. The van der Waals surface area contributed by atoms with E-state index in [0.29, 0.717) is 12.6 Å². The monoisotopic (exact) mass is 287 g/mol. The summed E-state index contributed by atoms with van der Waals surface area (Å²) in [5, 5.41) is 20.2. The molecule has 0 spiro atoms. The van der Waals surface area contributed by atoms with Crippen LogP contribution < -0.4 is 5.32 Å². The fraction of sp³-hybridized carbons (Fsp3) is 0.846. The minimum Gasteiger partial charge on any atom is -0.480 e. The van der Waals surface area contributed by atoms with Gasteiger partial charge in [0.1, 0.15) is 6.04 Å². The topological polar surface area (TPSA) is 93.1 Å². The van der Waals surface area contributed by atoms with Crippen molar-refractivity contribution in [1.29, 1.82) is 0 Å². The van der Waals surface area contributed by atoms with Crippen LogP contribution in [0.3, 0.4) is 0 Å². The van der Waals surface area contributed by atoms with Gasteiger partial charge in [-0.15, -0.1) is 0 Å². The highest BCUT2D eigenvalue weighted by molar-refractivity contribution is 5.82. The van der Waals surface area contributed by atoms with Crippen LogP contribution in [0.1, 0.15) is 26.2 Å². The number of aliphatic hydroxyl groups excluding tert-OH is 1. The van der Waals surface area contributed by atoms with Gasteiger partial charge >= 0.3 is 12.0 Å². The predicted octanol–water partition coefficient (Wildman–Crippen LogP) is -0.0523. The molecule has 0 radical (unpaired) electrons. The van der Waals surface area contributed by atoms with Gasteiger partial charge in [-0.25, -0.2) is 9.59 Å². The first-order chi connectivity index (χ1) is 9.49. The molecule has 1 unspecified atom stereocenters. The molecule has 0 aromatic carbocycles. The van der Waals surface area contributed by atoms with Crippen molar-refractivity contribution in [3.8, 4) is 0 Å². The lowest BCUT2D eigenvalue weighted by molar-refractivity contribution is -0.139. The summed E-state index contributed by atoms with van der Waals surface area (Å²) in [4.78, 5) is 26.8. The number of urea groups is 1. The van der Waals surface area contributed by atoms with Gasteiger partial charge in [-0.2, -0.15) is 0 Å². The van der Waals surface area contributed by atoms with E-state index in [9.17, 15) is 9.59 Å². The Morgan fingerprint density at radius 3 is 2.75 bits per heavy atom. The van der Waals surface area contributed by atoms with Crippen LogP contribution in [0.5, 0.6) is 0 Å². The van der Waals surface area contributed by atoms with Crippen LogP contribution >= 0.6 is 0 Å². The third-order valence-corrected chi connectivity index (χ3v) is 3.75. The van der Waals surface area contributed by atoms with E-state index in [1.54, 1.807) is 7.05 Å². The molecule has 116 valence electrons. The molecule has 2 amide bonds. The zero-order valence-corrected chi connectivity index (χ0v) is 12.2. The molecule has 1 saturated heterocycles. The SMILES string of the molecule is CCN1CCCC1CN(C)C(=O)N[C@H](CCO)C(=O)O. The molecule has 0 aliphatic carbocycles. The molecule has 1 aliphatic rings. The number of likely N-dealkylation sites (N-methyl/N-ethyl adjacent to an activating group) is 2. The summed E-state index contributed by atoms with van der Waals surface area (Å²) < 4.78 is 0. The van der Waals surface area contributed by atoms with E-state index in [0.717, 1.165) is 25.9 Å². The molecule has 3 N–H and O–H groups in total. The number of rotatable bonds is 7. The van der Waals surface area contributed by atoms with E-state index < -0.39 is 18.0 Å². The first-order valence-electron chi connectivity index (χ1n) is 7.08. The van der Waals surface area contributed by atoms with Crippen LogP contribution in [-0.4, -0.2) is 77.4 Å². The maximum absolute atomic E-state index is 12.0. The average molecular weight is 287 g/mol. The van der Waals surface area contributed by atoms with E-state index in [1.807, 2.05) is 0 Å². The summed E-state index contributed by atoms with van der Waals surface area (Å²) in [7, 11) is 1.67. The average Bonchev–Trinajstić information content (AvgIpc) is 2.85. The van der Waals surface area contributed by atoms with Crippen LogP contribution in [0.4, 0.5) is 4.79 Å². The lowest BCUT2D eigenvalue weighted by Gasteiger charge is -2.28. The Morgan fingerprint density at radius 2 is 2.20 bits per heavy atom. The lowest BCUT2D eigenvalue weighted by atomic mass is 10.2. The van der Waals surface area contributed by atoms with Crippen molar-refractivity contribution in [3.63, 3.8) is 0 Å². The number of hydrogen-bond donors (Lipinski definition) is 3. The van der Waals surface area contributed by atoms with Crippen LogP contribution in [0.2, 0.25) is 0 Å². The number of hydrogen-bond acceptors (Lipinski definition) is 4. The number of carboxylic acid groups (broad SMARTS) is 1. The maximum Gasteiger partial charge on any atom is 0.326 e. The molecular formula is C13H25N3O4. The standard InChI is InChI=1S/C13H25N3O4/c1-3-16-7-4-5-10(16)9-15(2)13(20)14-11(6-8-17)12(18)19/h10-11,17H,3-9H2,1-2H3,(H,14,20)(H,18,19)/t10?,11-/m1/s1. The number of likely N-dealkylation sites (tertiary alicyclic amines) is 1. The number of aliphatic hydroxyl groups is 1. The first kappa shape index (κ1) is 16.7. The molecule has 0 saturated carbocycles. The Hall–Kier alpha value is -1.34. The molecule has 7 nitrogen and oxygen atoms in total. The van der Waals surface area contributed by atoms with Gasteiger partial charge in [-0.05, 0) is 25.9 Å². The van der Waals surface area contributed by atoms with Crippen LogP contribution in [-0.2, 0) is 4.79 Å². The Morgan fingerprint density at radius 1 is 1.50 bits per heavy atom. The molecule has 0 bridgehead atoms. The Bertz CT molecular complexity index is 338. The van der Waals surface area contributed by atoms with Gasteiger partial charge in [0, 0.05) is 32.7 Å². The molecule has 1 rings (SSSR count). The van der Waals surface area contributed by atoms with Crippen molar-refractivity contribution in [3.05, 3.63) is 0 Å². The molecule has 20 heavy (non-hydrogen) atoms. The fourth-order valence-electron chi connectivity index (χ4n) is 2.56. The Kier molecular flexibility index (Phi) is 6.74. The number of nitrogens with zero attached hydrogens (tertiary/aromatic N) is 2. The summed E-state index contributed by atoms with van der Waals surface area (Å²) in [5.41, 5.74) is 0. The van der Waals surface area contributed by atoms with Crippen LogP contribution in [0.25, 0.3) is 0 Å². The van der Waals surface area contributed by atoms with E-state index in [2.05, 4.69) is 17.1 Å². The molecule has 1 fully saturated rings. The lowest BCUT2D eigenvalue weighted by Crippen LogP contribution is -2.50. The Balaban J connectivity index is 2.47. The second-order valence-electron chi connectivity index (χ2n) is 5.16. The summed E-state index contributed by atoms with van der Waals surface area (Å²) in [5.74, 6) is -1.13. The zero-order chi connectivity index (χ0) is 15.1. The normalized spacial score (nSPS) is 20.6. The van der Waals surface area contributed by atoms with E-state index in [1.165, 1.54) is 4.90 Å². The van der Waals surface area contributed by atoms with Gasteiger partial charge in [-0.3, -0.25) is 4.90 Å². The smallest absolute Gasteiger partial charge is 0.326 e. The molecule has 7 heteroatoms. The number of carbonyl (C=O) groups is 2. The Labute approximate surface area is 119 Å². The van der Waals surface area contributed by atoms with Gasteiger partial charge in [0.15, 0.2) is 0 Å². The number of aliphatic carboxylic acids is 1. The third-order valence-electron chi connectivity index (χ3n) is 3.75. The first-order valence-corrected chi connectivity index (χ1v) is 7.08. The van der Waals surface area contributed by atoms with Crippen molar-refractivity contribution < 1.29 is 19.8 Å². The van der Waals surface area contributed by atoms with Gasteiger partial charge in [0.25, 0.3) is 0 Å². The van der Waals surface area contributed by atoms with Crippen LogP contribution in [0.15, 0.2) is 0 Å². The molecule has 2 atom stereocenters. The van der Waals surface area contributed by atoms with Crippen LogP contribution in [0, 0.1) is 0 Å². The summed E-state index contributed by atoms with van der Waals surface area (Å²) in [6.45, 7) is 4.43.